The van der Waals surface area contributed by atoms with Crippen LogP contribution in [0.15, 0.2) is 65.3 Å². The zero-order valence-electron chi connectivity index (χ0n) is 21.6. The molecule has 0 aliphatic carbocycles. The van der Waals surface area contributed by atoms with Gasteiger partial charge in [0.05, 0.1) is 12.6 Å². The average molecular weight is 504 g/mol. The minimum atomic E-state index is -0.476. The van der Waals surface area contributed by atoms with Crippen molar-refractivity contribution in [1.82, 2.24) is 19.7 Å². The summed E-state index contributed by atoms with van der Waals surface area (Å²) in [6.45, 7) is 9.87. The van der Waals surface area contributed by atoms with Crippen molar-refractivity contribution in [3.05, 3.63) is 83.6 Å². The first-order chi connectivity index (χ1) is 18.1. The maximum atomic E-state index is 13.1. The van der Waals surface area contributed by atoms with Gasteiger partial charge in [-0.1, -0.05) is 55.5 Å². The molecule has 0 saturated carbocycles. The number of aromatic nitrogens is 1. The van der Waals surface area contributed by atoms with Gasteiger partial charge >= 0.3 is 0 Å². The van der Waals surface area contributed by atoms with E-state index in [1.165, 1.54) is 17.5 Å². The topological polar surface area (TPSA) is 76.3 Å². The molecule has 8 heteroatoms. The maximum Gasteiger partial charge on any atom is 0.275 e. The van der Waals surface area contributed by atoms with E-state index in [1.807, 2.05) is 35.2 Å². The van der Waals surface area contributed by atoms with Gasteiger partial charge < -0.3 is 19.3 Å². The summed E-state index contributed by atoms with van der Waals surface area (Å²) in [5.41, 5.74) is 3.96. The number of piperazine rings is 2. The van der Waals surface area contributed by atoms with Crippen molar-refractivity contribution in [3.63, 3.8) is 0 Å². The number of aryl methyl sites for hydroxylation is 1. The van der Waals surface area contributed by atoms with Crippen molar-refractivity contribution >= 4 is 11.6 Å². The first-order valence-corrected chi connectivity index (χ1v) is 13.3. The average Bonchev–Trinajstić information content (AvgIpc) is 3.42. The molecule has 2 aliphatic rings. The second-order valence-corrected chi connectivity index (χ2v) is 9.89. The number of aliphatic hydroxyl groups is 1. The third kappa shape index (κ3) is 6.21. The highest BCUT2D eigenvalue weighted by Crippen LogP contribution is 2.23. The highest BCUT2D eigenvalue weighted by atomic mass is 16.3. The molecule has 196 valence electrons. The van der Waals surface area contributed by atoms with E-state index in [0.29, 0.717) is 37.8 Å². The van der Waals surface area contributed by atoms with Crippen LogP contribution in [0, 0.1) is 0 Å². The number of carbonyl (C=O) groups is 1. The van der Waals surface area contributed by atoms with Gasteiger partial charge in [-0.2, -0.15) is 0 Å². The van der Waals surface area contributed by atoms with E-state index in [1.54, 1.807) is 0 Å². The lowest BCUT2D eigenvalue weighted by Gasteiger charge is -2.36. The first kappa shape index (κ1) is 25.4. The minimum absolute atomic E-state index is 0.0573. The summed E-state index contributed by atoms with van der Waals surface area (Å²) in [6, 6.07) is 18.3. The fourth-order valence-corrected chi connectivity index (χ4v) is 5.26. The zero-order valence-corrected chi connectivity index (χ0v) is 21.6. The third-order valence-corrected chi connectivity index (χ3v) is 7.49. The van der Waals surface area contributed by atoms with E-state index in [9.17, 15) is 9.90 Å². The van der Waals surface area contributed by atoms with Crippen LogP contribution in [0.1, 0.15) is 40.5 Å². The Morgan fingerprint density at radius 3 is 2.32 bits per heavy atom. The van der Waals surface area contributed by atoms with Crippen molar-refractivity contribution in [3.8, 4) is 0 Å². The fourth-order valence-electron chi connectivity index (χ4n) is 5.26. The number of amides is 1. The van der Waals surface area contributed by atoms with Gasteiger partial charge in [-0.15, -0.1) is 0 Å². The Balaban J connectivity index is 1.08. The van der Waals surface area contributed by atoms with Crippen LogP contribution in [0.2, 0.25) is 0 Å². The molecule has 0 spiro atoms. The van der Waals surface area contributed by atoms with Gasteiger partial charge in [0.25, 0.3) is 5.91 Å². The molecular formula is C29H37N5O3. The summed E-state index contributed by atoms with van der Waals surface area (Å²) in [6.07, 6.45) is 2.03. The second kappa shape index (κ2) is 11.9. The maximum absolute atomic E-state index is 13.1. The molecule has 8 nitrogen and oxygen atoms in total. The van der Waals surface area contributed by atoms with Crippen molar-refractivity contribution < 1.29 is 14.3 Å². The molecule has 5 rings (SSSR count). The summed E-state index contributed by atoms with van der Waals surface area (Å²) in [5.74, 6) is 0.523. The van der Waals surface area contributed by atoms with Crippen LogP contribution >= 0.6 is 0 Å². The summed E-state index contributed by atoms with van der Waals surface area (Å²) < 4.78 is 5.69. The summed E-state index contributed by atoms with van der Waals surface area (Å²) in [4.78, 5) is 26.4. The lowest BCUT2D eigenvalue weighted by molar-refractivity contribution is 0.0671. The molecule has 37 heavy (non-hydrogen) atoms. The number of β-amino-alcohol motifs (C(OH)–C–C–N with tert-alkyl or cyclic N) is 1. The van der Waals surface area contributed by atoms with Crippen LogP contribution in [0.3, 0.4) is 0 Å². The van der Waals surface area contributed by atoms with Crippen LogP contribution in [0.4, 0.5) is 5.69 Å². The Bertz CT molecular complexity index is 1150. The van der Waals surface area contributed by atoms with Gasteiger partial charge in [0, 0.05) is 64.6 Å². The molecule has 2 fully saturated rings. The number of oxazole rings is 1. The Hall–Kier alpha value is -3.20. The third-order valence-electron chi connectivity index (χ3n) is 7.49. The van der Waals surface area contributed by atoms with Crippen molar-refractivity contribution in [2.75, 3.05) is 63.8 Å². The molecule has 1 N–H and O–H groups in total. The smallest absolute Gasteiger partial charge is 0.275 e. The summed E-state index contributed by atoms with van der Waals surface area (Å²) in [5, 5.41) is 10.5. The van der Waals surface area contributed by atoms with E-state index in [4.69, 9.17) is 4.42 Å². The van der Waals surface area contributed by atoms with Crippen molar-refractivity contribution in [1.29, 1.82) is 0 Å². The van der Waals surface area contributed by atoms with E-state index in [2.05, 4.69) is 50.9 Å². The van der Waals surface area contributed by atoms with Crippen LogP contribution in [-0.4, -0.2) is 89.6 Å². The molecule has 1 atom stereocenters. The second-order valence-electron chi connectivity index (χ2n) is 9.89. The number of hydrogen-bond donors (Lipinski definition) is 1. The Morgan fingerprint density at radius 2 is 1.59 bits per heavy atom. The number of hydrogen-bond acceptors (Lipinski definition) is 7. The molecule has 0 unspecified atom stereocenters. The molecule has 2 aromatic carbocycles. The number of para-hydroxylation sites is 1. The molecule has 0 radical (unpaired) electrons. The number of benzene rings is 2. The van der Waals surface area contributed by atoms with Crippen LogP contribution < -0.4 is 4.90 Å². The van der Waals surface area contributed by atoms with Crippen molar-refractivity contribution in [2.24, 2.45) is 0 Å². The largest absolute Gasteiger partial charge is 0.447 e. The molecular weight excluding hydrogens is 466 g/mol. The SMILES string of the molecule is CCc1ccccc1N1CCN(C(=O)c2coc(CN3CCN(C[C@H](O)c4ccccc4)CC3)n2)CC1. The van der Waals surface area contributed by atoms with Crippen LogP contribution in [0.25, 0.3) is 0 Å². The lowest BCUT2D eigenvalue weighted by Crippen LogP contribution is -2.49. The standard InChI is InChI=1S/C29H37N5O3/c1-2-23-8-6-7-11-26(23)33-16-18-34(19-17-33)29(36)25-22-37-28(30-25)21-32-14-12-31(13-15-32)20-27(35)24-9-4-3-5-10-24/h3-11,22,27,35H,2,12-21H2,1H3/t27-/m0/s1. The predicted octanol–water partition coefficient (Wildman–Crippen LogP) is 3.05. The minimum Gasteiger partial charge on any atom is -0.447 e. The lowest BCUT2D eigenvalue weighted by atomic mass is 10.1. The van der Waals surface area contributed by atoms with Crippen LogP contribution in [-0.2, 0) is 13.0 Å². The molecule has 2 saturated heterocycles. The number of aliphatic hydroxyl groups excluding tert-OH is 1. The quantitative estimate of drug-likeness (QED) is 0.506. The van der Waals surface area contributed by atoms with Gasteiger partial charge in [-0.25, -0.2) is 4.98 Å². The van der Waals surface area contributed by atoms with Gasteiger partial charge in [0.15, 0.2) is 5.69 Å². The van der Waals surface area contributed by atoms with Gasteiger partial charge in [0.1, 0.15) is 6.26 Å². The van der Waals surface area contributed by atoms with E-state index in [0.717, 1.165) is 51.3 Å². The summed E-state index contributed by atoms with van der Waals surface area (Å²) in [7, 11) is 0. The van der Waals surface area contributed by atoms with Gasteiger partial charge in [-0.3, -0.25) is 14.6 Å². The van der Waals surface area contributed by atoms with Gasteiger partial charge in [-0.05, 0) is 23.6 Å². The normalized spacial score (nSPS) is 18.2. The fraction of sp³-hybridized carbons (Fsp3) is 0.448. The molecule has 3 heterocycles. The highest BCUT2D eigenvalue weighted by molar-refractivity contribution is 5.92. The molecule has 2 aliphatic heterocycles. The number of carbonyl (C=O) groups excluding carboxylic acids is 1. The molecule has 1 amide bonds. The molecule has 1 aromatic heterocycles. The Kier molecular flexibility index (Phi) is 8.18. The zero-order chi connectivity index (χ0) is 25.6. The number of rotatable bonds is 8. The van der Waals surface area contributed by atoms with E-state index < -0.39 is 6.10 Å². The molecule has 3 aromatic rings. The van der Waals surface area contributed by atoms with Crippen LogP contribution in [0.5, 0.6) is 0 Å². The Labute approximate surface area is 219 Å². The predicted molar refractivity (Wildman–Crippen MR) is 144 cm³/mol. The number of nitrogens with zero attached hydrogens (tertiary/aromatic N) is 5. The van der Waals surface area contributed by atoms with E-state index in [-0.39, 0.29) is 5.91 Å². The van der Waals surface area contributed by atoms with E-state index >= 15 is 0 Å². The summed E-state index contributed by atoms with van der Waals surface area (Å²) >= 11 is 0. The monoisotopic (exact) mass is 503 g/mol. The number of anilines is 1. The Morgan fingerprint density at radius 1 is 0.919 bits per heavy atom. The molecule has 0 bridgehead atoms. The van der Waals surface area contributed by atoms with Crippen molar-refractivity contribution in [2.45, 2.75) is 26.0 Å². The first-order valence-electron chi connectivity index (χ1n) is 13.3. The van der Waals surface area contributed by atoms with Gasteiger partial charge in [0.2, 0.25) is 5.89 Å². The highest BCUT2D eigenvalue weighted by Gasteiger charge is 2.26.